The van der Waals surface area contributed by atoms with Crippen LogP contribution >= 0.6 is 0 Å². The van der Waals surface area contributed by atoms with Crippen LogP contribution in [0.5, 0.6) is 5.75 Å². The molecular formula is C20H18FN3O4S. The third-order valence-corrected chi connectivity index (χ3v) is 5.48. The van der Waals surface area contributed by atoms with Crippen molar-refractivity contribution in [3.05, 3.63) is 77.4 Å². The van der Waals surface area contributed by atoms with Crippen molar-refractivity contribution in [1.82, 2.24) is 4.98 Å². The number of halogens is 1. The first-order valence-electron chi connectivity index (χ1n) is 8.51. The first-order valence-corrected chi connectivity index (χ1v) is 10.00. The van der Waals surface area contributed by atoms with Gasteiger partial charge < -0.3 is 10.2 Å². The predicted molar refractivity (Wildman–Crippen MR) is 107 cm³/mol. The summed E-state index contributed by atoms with van der Waals surface area (Å²) in [5.74, 6) is -0.810. The molecule has 0 amide bonds. The van der Waals surface area contributed by atoms with Crippen molar-refractivity contribution in [1.29, 1.82) is 0 Å². The number of nitrogens with zero attached hydrogens (tertiary/aromatic N) is 2. The van der Waals surface area contributed by atoms with Crippen molar-refractivity contribution < 1.29 is 23.0 Å². The van der Waals surface area contributed by atoms with E-state index >= 15 is 0 Å². The van der Waals surface area contributed by atoms with E-state index in [2.05, 4.69) is 14.7 Å². The Morgan fingerprint density at radius 2 is 1.97 bits per heavy atom. The first kappa shape index (κ1) is 20.4. The van der Waals surface area contributed by atoms with Gasteiger partial charge in [-0.3, -0.25) is 14.7 Å². The number of aliphatic imine (C=N–C) groups is 1. The number of hydrogen-bond donors (Lipinski definition) is 3. The Morgan fingerprint density at radius 1 is 1.21 bits per heavy atom. The Bertz CT molecular complexity index is 1180. The molecule has 1 aromatic heterocycles. The molecule has 0 spiro atoms. The van der Waals surface area contributed by atoms with Gasteiger partial charge in [-0.05, 0) is 37.3 Å². The summed E-state index contributed by atoms with van der Waals surface area (Å²) in [5.41, 5.74) is 1.17. The summed E-state index contributed by atoms with van der Waals surface area (Å²) in [7, 11) is -4.03. The number of anilines is 1. The number of aryl methyl sites for hydroxylation is 1. The quantitative estimate of drug-likeness (QED) is 0.535. The topological polar surface area (TPSA) is 112 Å². The zero-order valence-electron chi connectivity index (χ0n) is 15.4. The largest absolute Gasteiger partial charge is 0.505 e. The van der Waals surface area contributed by atoms with Crippen molar-refractivity contribution in [3.8, 4) is 5.75 Å². The summed E-state index contributed by atoms with van der Waals surface area (Å²) < 4.78 is 41.1. The van der Waals surface area contributed by atoms with E-state index in [1.165, 1.54) is 48.8 Å². The Morgan fingerprint density at radius 3 is 2.69 bits per heavy atom. The summed E-state index contributed by atoms with van der Waals surface area (Å²) in [5, 5.41) is 19.6. The minimum atomic E-state index is -4.03. The Kier molecular flexibility index (Phi) is 5.90. The second-order valence-corrected chi connectivity index (χ2v) is 7.81. The summed E-state index contributed by atoms with van der Waals surface area (Å²) in [6.07, 6.45) is 2.75. The molecule has 2 aromatic carbocycles. The molecule has 150 valence electrons. The zero-order chi connectivity index (χ0) is 21.0. The fourth-order valence-corrected chi connectivity index (χ4v) is 3.65. The highest BCUT2D eigenvalue weighted by atomic mass is 32.2. The maximum atomic E-state index is 13.8. The molecule has 0 radical (unpaired) electrons. The van der Waals surface area contributed by atoms with E-state index in [4.69, 9.17) is 0 Å². The van der Waals surface area contributed by atoms with Gasteiger partial charge in [0.1, 0.15) is 11.6 Å². The number of benzene rings is 2. The lowest BCUT2D eigenvalue weighted by atomic mass is 10.1. The van der Waals surface area contributed by atoms with Gasteiger partial charge in [-0.15, -0.1) is 0 Å². The van der Waals surface area contributed by atoms with E-state index in [0.29, 0.717) is 16.9 Å². The van der Waals surface area contributed by atoms with Gasteiger partial charge in [0.15, 0.2) is 0 Å². The van der Waals surface area contributed by atoms with Crippen LogP contribution in [0.3, 0.4) is 0 Å². The van der Waals surface area contributed by atoms with Gasteiger partial charge in [0.2, 0.25) is 0 Å². The van der Waals surface area contributed by atoms with Crippen LogP contribution in [0.1, 0.15) is 16.8 Å². The van der Waals surface area contributed by atoms with Gasteiger partial charge in [0.25, 0.3) is 10.0 Å². The van der Waals surface area contributed by atoms with Crippen LogP contribution < -0.4 is 4.72 Å². The zero-order valence-corrected chi connectivity index (χ0v) is 16.2. The van der Waals surface area contributed by atoms with Gasteiger partial charge in [-0.1, -0.05) is 18.2 Å². The number of para-hydroxylation sites is 1. The molecule has 0 unspecified atom stereocenters. The average Bonchev–Trinajstić information content (AvgIpc) is 2.71. The smallest absolute Gasteiger partial charge is 0.262 e. The second-order valence-electron chi connectivity index (χ2n) is 6.13. The summed E-state index contributed by atoms with van der Waals surface area (Å²) >= 11 is 0. The Hall–Kier alpha value is -3.30. The molecule has 0 atom stereocenters. The third kappa shape index (κ3) is 4.58. The van der Waals surface area contributed by atoms with Crippen LogP contribution in [0.4, 0.5) is 15.8 Å². The molecule has 3 aromatic rings. The monoisotopic (exact) mass is 415 g/mol. The van der Waals surface area contributed by atoms with Crippen LogP contribution in [-0.2, 0) is 16.6 Å². The van der Waals surface area contributed by atoms with Gasteiger partial charge in [0, 0.05) is 23.5 Å². The SMILES string of the molecule is Cc1ncc(CO)c(C=Nc2cccc(S(=O)(=O)Nc3ccccc3F)c2)c1O. The highest BCUT2D eigenvalue weighted by Gasteiger charge is 2.16. The first-order chi connectivity index (χ1) is 13.8. The van der Waals surface area contributed by atoms with Gasteiger partial charge in [-0.2, -0.15) is 0 Å². The van der Waals surface area contributed by atoms with Crippen LogP contribution in [-0.4, -0.2) is 29.8 Å². The molecule has 0 saturated carbocycles. The minimum absolute atomic E-state index is 0.104. The molecule has 1 heterocycles. The molecule has 29 heavy (non-hydrogen) atoms. The maximum absolute atomic E-state index is 13.8. The fraction of sp³-hybridized carbons (Fsp3) is 0.100. The second kappa shape index (κ2) is 8.38. The molecule has 0 fully saturated rings. The number of pyridine rings is 1. The number of aliphatic hydroxyl groups is 1. The molecule has 7 nitrogen and oxygen atoms in total. The number of aliphatic hydroxyl groups excluding tert-OH is 1. The molecule has 0 bridgehead atoms. The molecule has 0 aliphatic heterocycles. The third-order valence-electron chi connectivity index (χ3n) is 4.12. The highest BCUT2D eigenvalue weighted by molar-refractivity contribution is 7.92. The number of hydrogen-bond acceptors (Lipinski definition) is 6. The van der Waals surface area contributed by atoms with Crippen LogP contribution in [0.25, 0.3) is 0 Å². The number of aromatic hydroxyl groups is 1. The van der Waals surface area contributed by atoms with Crippen molar-refractivity contribution in [3.63, 3.8) is 0 Å². The van der Waals surface area contributed by atoms with E-state index in [0.717, 1.165) is 6.07 Å². The molecule has 0 saturated heterocycles. The minimum Gasteiger partial charge on any atom is -0.505 e. The van der Waals surface area contributed by atoms with E-state index in [-0.39, 0.29) is 28.5 Å². The van der Waals surface area contributed by atoms with E-state index in [1.807, 2.05) is 0 Å². The van der Waals surface area contributed by atoms with E-state index in [9.17, 15) is 23.0 Å². The van der Waals surface area contributed by atoms with Crippen molar-refractivity contribution >= 4 is 27.6 Å². The standard InChI is InChI=1S/C20H18FN3O4S/c1-13-20(26)17(14(12-25)10-22-13)11-23-15-5-4-6-16(9-15)29(27,28)24-19-8-3-2-7-18(19)21/h2-11,24-26H,12H2,1H3. The van der Waals surface area contributed by atoms with Crippen molar-refractivity contribution in [2.75, 3.05) is 4.72 Å². The summed E-state index contributed by atoms with van der Waals surface area (Å²) in [4.78, 5) is 8.06. The lowest BCUT2D eigenvalue weighted by Gasteiger charge is -2.09. The van der Waals surface area contributed by atoms with Crippen LogP contribution in [0, 0.1) is 12.7 Å². The number of sulfonamides is 1. The van der Waals surface area contributed by atoms with Gasteiger partial charge in [-0.25, -0.2) is 12.8 Å². The normalized spacial score (nSPS) is 11.7. The van der Waals surface area contributed by atoms with Gasteiger partial charge >= 0.3 is 0 Å². The molecule has 3 rings (SSSR count). The van der Waals surface area contributed by atoms with Crippen molar-refractivity contribution in [2.24, 2.45) is 4.99 Å². The molecule has 9 heteroatoms. The fourth-order valence-electron chi connectivity index (χ4n) is 2.54. The molecule has 0 aliphatic carbocycles. The molecule has 3 N–H and O–H groups in total. The number of rotatable bonds is 6. The van der Waals surface area contributed by atoms with Crippen molar-refractivity contribution in [2.45, 2.75) is 18.4 Å². The number of aromatic nitrogens is 1. The average molecular weight is 415 g/mol. The van der Waals surface area contributed by atoms with Gasteiger partial charge in [0.05, 0.1) is 28.6 Å². The highest BCUT2D eigenvalue weighted by Crippen LogP contribution is 2.25. The Labute approximate surface area is 167 Å². The Balaban J connectivity index is 1.92. The lowest BCUT2D eigenvalue weighted by molar-refractivity contribution is 0.280. The molecule has 0 aliphatic rings. The number of nitrogens with one attached hydrogen (secondary N) is 1. The lowest BCUT2D eigenvalue weighted by Crippen LogP contribution is -2.13. The van der Waals surface area contributed by atoms with Crippen LogP contribution in [0.2, 0.25) is 0 Å². The maximum Gasteiger partial charge on any atom is 0.262 e. The molecular weight excluding hydrogens is 397 g/mol. The predicted octanol–water partition coefficient (Wildman–Crippen LogP) is 3.28. The summed E-state index contributed by atoms with van der Waals surface area (Å²) in [6, 6.07) is 11.2. The van der Waals surface area contributed by atoms with E-state index < -0.39 is 15.8 Å². The summed E-state index contributed by atoms with van der Waals surface area (Å²) in [6.45, 7) is 1.26. The van der Waals surface area contributed by atoms with E-state index in [1.54, 1.807) is 13.0 Å². The van der Waals surface area contributed by atoms with Crippen LogP contribution in [0.15, 0.2) is 64.6 Å².